The van der Waals surface area contributed by atoms with Crippen molar-refractivity contribution < 1.29 is 14.4 Å². The highest BCUT2D eigenvalue weighted by molar-refractivity contribution is 6.23. The minimum Gasteiger partial charge on any atom is -0.273 e. The molecule has 0 aromatic heterocycles. The predicted octanol–water partition coefficient (Wildman–Crippen LogP) is 4.05. The average Bonchev–Trinajstić information content (AvgIpc) is 3.27. The zero-order chi connectivity index (χ0) is 20.0. The maximum atomic E-state index is 13.4. The Kier molecular flexibility index (Phi) is 4.18. The second kappa shape index (κ2) is 6.87. The van der Waals surface area contributed by atoms with Crippen molar-refractivity contribution in [2.75, 3.05) is 9.96 Å². The van der Waals surface area contributed by atoms with Gasteiger partial charge in [-0.2, -0.15) is 0 Å². The second-order valence-electron chi connectivity index (χ2n) is 7.42. The number of hydroxylamine groups is 1. The van der Waals surface area contributed by atoms with Crippen LogP contribution < -0.4 is 9.96 Å². The number of imide groups is 1. The van der Waals surface area contributed by atoms with E-state index >= 15 is 0 Å². The van der Waals surface area contributed by atoms with Crippen molar-refractivity contribution in [3.63, 3.8) is 0 Å². The quantitative estimate of drug-likeness (QED) is 0.640. The molecule has 0 spiro atoms. The lowest BCUT2D eigenvalue weighted by Crippen LogP contribution is -2.37. The molecule has 29 heavy (non-hydrogen) atoms. The monoisotopic (exact) mass is 384 g/mol. The summed E-state index contributed by atoms with van der Waals surface area (Å²) in [5, 5.41) is 1.72. The van der Waals surface area contributed by atoms with E-state index in [1.165, 1.54) is 4.90 Å². The molecule has 2 fully saturated rings. The molecule has 0 radical (unpaired) electrons. The van der Waals surface area contributed by atoms with Crippen LogP contribution in [0, 0.1) is 12.8 Å². The van der Waals surface area contributed by atoms with E-state index in [9.17, 15) is 9.59 Å². The number of carbonyl (C=O) groups is 2. The van der Waals surface area contributed by atoms with Crippen LogP contribution in [-0.2, 0) is 14.4 Å². The normalized spacial score (nSPS) is 23.6. The van der Waals surface area contributed by atoms with Crippen molar-refractivity contribution in [2.45, 2.75) is 19.1 Å². The Hall–Kier alpha value is -3.44. The van der Waals surface area contributed by atoms with Gasteiger partial charge in [-0.3, -0.25) is 14.4 Å². The van der Waals surface area contributed by atoms with Crippen molar-refractivity contribution in [1.82, 2.24) is 0 Å². The Bertz CT molecular complexity index is 1050. The van der Waals surface area contributed by atoms with Gasteiger partial charge in [0.15, 0.2) is 6.10 Å². The number of hydrogen-bond acceptors (Lipinski definition) is 4. The van der Waals surface area contributed by atoms with Gasteiger partial charge in [-0.05, 0) is 36.8 Å². The fourth-order valence-electron chi connectivity index (χ4n) is 4.15. The van der Waals surface area contributed by atoms with Crippen LogP contribution >= 0.6 is 0 Å². The zero-order valence-corrected chi connectivity index (χ0v) is 15.9. The third-order valence-electron chi connectivity index (χ3n) is 5.56. The number of nitrogens with zero attached hydrogens (tertiary/aromatic N) is 2. The Morgan fingerprint density at radius 2 is 1.34 bits per heavy atom. The fourth-order valence-corrected chi connectivity index (χ4v) is 4.15. The van der Waals surface area contributed by atoms with E-state index < -0.39 is 12.0 Å². The maximum Gasteiger partial charge on any atom is 0.266 e. The van der Waals surface area contributed by atoms with E-state index in [0.717, 1.165) is 16.8 Å². The number of rotatable bonds is 3. The topological polar surface area (TPSA) is 49.9 Å². The Morgan fingerprint density at radius 3 is 2.00 bits per heavy atom. The summed E-state index contributed by atoms with van der Waals surface area (Å²) in [6, 6.07) is 26.4. The summed E-state index contributed by atoms with van der Waals surface area (Å²) in [5.74, 6) is -1.15. The molecule has 3 atom stereocenters. The second-order valence-corrected chi connectivity index (χ2v) is 7.42. The van der Waals surface area contributed by atoms with Crippen molar-refractivity contribution >= 4 is 23.2 Å². The smallest absolute Gasteiger partial charge is 0.266 e. The molecule has 2 heterocycles. The lowest BCUT2D eigenvalue weighted by Gasteiger charge is -2.28. The Balaban J connectivity index is 1.58. The number of benzene rings is 3. The fraction of sp³-hybridized carbons (Fsp3) is 0.167. The van der Waals surface area contributed by atoms with Crippen molar-refractivity contribution in [2.24, 2.45) is 5.92 Å². The molecule has 5 nitrogen and oxygen atoms in total. The minimum atomic E-state index is -0.839. The van der Waals surface area contributed by atoms with Crippen LogP contribution in [0.3, 0.4) is 0 Å². The third-order valence-corrected chi connectivity index (χ3v) is 5.56. The molecule has 2 aliphatic rings. The number of anilines is 2. The van der Waals surface area contributed by atoms with Gasteiger partial charge in [-0.15, -0.1) is 0 Å². The van der Waals surface area contributed by atoms with E-state index in [4.69, 9.17) is 4.84 Å². The van der Waals surface area contributed by atoms with Gasteiger partial charge in [0.05, 0.1) is 17.4 Å². The lowest BCUT2D eigenvalue weighted by molar-refractivity contribution is -0.126. The first kappa shape index (κ1) is 17.6. The molecule has 2 saturated heterocycles. The van der Waals surface area contributed by atoms with Crippen LogP contribution in [0.2, 0.25) is 0 Å². The van der Waals surface area contributed by atoms with Crippen LogP contribution in [-0.4, -0.2) is 17.9 Å². The first-order valence-electron chi connectivity index (χ1n) is 9.65. The van der Waals surface area contributed by atoms with E-state index in [1.807, 2.05) is 79.7 Å². The number of aryl methyl sites for hydroxylation is 1. The van der Waals surface area contributed by atoms with E-state index in [1.54, 1.807) is 17.2 Å². The summed E-state index contributed by atoms with van der Waals surface area (Å²) in [6.45, 7) is 1.97. The summed E-state index contributed by atoms with van der Waals surface area (Å²) < 4.78 is 0. The third kappa shape index (κ3) is 2.82. The van der Waals surface area contributed by atoms with E-state index in [-0.39, 0.29) is 17.9 Å². The van der Waals surface area contributed by atoms with Gasteiger partial charge in [-0.25, -0.2) is 9.96 Å². The summed E-state index contributed by atoms with van der Waals surface area (Å²) in [6.07, 6.45) is -0.839. The SMILES string of the molecule is Cc1ccc(N2C(=O)[C@@H]3[C@H](ON(c4ccccc4)[C@@H]3c3ccccc3)C2=O)cc1. The molecule has 5 rings (SSSR count). The number of hydrogen-bond donors (Lipinski definition) is 0. The number of fused-ring (bicyclic) bond motifs is 1. The molecule has 2 amide bonds. The number of para-hydroxylation sites is 1. The van der Waals surface area contributed by atoms with Crippen LogP contribution in [0.1, 0.15) is 17.2 Å². The maximum absolute atomic E-state index is 13.4. The van der Waals surface area contributed by atoms with Gasteiger partial charge in [0.25, 0.3) is 5.91 Å². The molecule has 0 unspecified atom stereocenters. The van der Waals surface area contributed by atoms with Crippen LogP contribution in [0.5, 0.6) is 0 Å². The van der Waals surface area contributed by atoms with E-state index in [2.05, 4.69) is 0 Å². The molecular weight excluding hydrogens is 364 g/mol. The zero-order valence-electron chi connectivity index (χ0n) is 15.9. The molecule has 144 valence electrons. The molecular formula is C24H20N2O3. The average molecular weight is 384 g/mol. The van der Waals surface area contributed by atoms with Gasteiger partial charge in [0, 0.05) is 0 Å². The number of carbonyl (C=O) groups excluding carboxylic acids is 2. The van der Waals surface area contributed by atoms with Crippen LogP contribution in [0.25, 0.3) is 0 Å². The summed E-state index contributed by atoms with van der Waals surface area (Å²) >= 11 is 0. The largest absolute Gasteiger partial charge is 0.273 e. The van der Waals surface area contributed by atoms with Crippen molar-refractivity contribution in [3.8, 4) is 0 Å². The van der Waals surface area contributed by atoms with E-state index in [0.29, 0.717) is 5.69 Å². The highest BCUT2D eigenvalue weighted by Crippen LogP contribution is 2.47. The van der Waals surface area contributed by atoms with Gasteiger partial charge in [0.1, 0.15) is 5.92 Å². The highest BCUT2D eigenvalue weighted by Gasteiger charge is 2.60. The minimum absolute atomic E-state index is 0.226. The predicted molar refractivity (Wildman–Crippen MR) is 110 cm³/mol. The lowest BCUT2D eigenvalue weighted by atomic mass is 9.90. The highest BCUT2D eigenvalue weighted by atomic mass is 16.7. The van der Waals surface area contributed by atoms with Gasteiger partial charge in [0.2, 0.25) is 5.91 Å². The Labute approximate surface area is 169 Å². The number of amides is 2. The molecule has 0 aliphatic carbocycles. The van der Waals surface area contributed by atoms with Gasteiger partial charge < -0.3 is 0 Å². The van der Waals surface area contributed by atoms with Gasteiger partial charge >= 0.3 is 0 Å². The first-order chi connectivity index (χ1) is 14.1. The molecule has 0 bridgehead atoms. The summed E-state index contributed by atoms with van der Waals surface area (Å²) in [4.78, 5) is 34.0. The molecule has 3 aromatic carbocycles. The van der Waals surface area contributed by atoms with Gasteiger partial charge in [-0.1, -0.05) is 66.2 Å². The molecule has 0 saturated carbocycles. The van der Waals surface area contributed by atoms with Crippen molar-refractivity contribution in [3.05, 3.63) is 96.1 Å². The molecule has 3 aromatic rings. The molecule has 0 N–H and O–H groups in total. The Morgan fingerprint density at radius 1 is 0.724 bits per heavy atom. The molecule has 5 heteroatoms. The van der Waals surface area contributed by atoms with Crippen LogP contribution in [0.15, 0.2) is 84.9 Å². The van der Waals surface area contributed by atoms with Crippen molar-refractivity contribution in [1.29, 1.82) is 0 Å². The standard InChI is InChI=1S/C24H20N2O3/c1-16-12-14-18(15-13-16)25-23(27)20-21(17-8-4-2-5-9-17)26(29-22(20)24(25)28)19-10-6-3-7-11-19/h2-15,20-22H,1H3/t20-,21+,22-/m0/s1. The first-order valence-corrected chi connectivity index (χ1v) is 9.65. The summed E-state index contributed by atoms with van der Waals surface area (Å²) in [5.41, 5.74) is 3.41. The molecule has 2 aliphatic heterocycles. The van der Waals surface area contributed by atoms with Crippen LogP contribution in [0.4, 0.5) is 11.4 Å². The summed E-state index contributed by atoms with van der Waals surface area (Å²) in [7, 11) is 0.